The molecule has 1 saturated heterocycles. The van der Waals surface area contributed by atoms with Crippen molar-refractivity contribution in [2.24, 2.45) is 0 Å². The fourth-order valence-electron chi connectivity index (χ4n) is 3.22. The van der Waals surface area contributed by atoms with Gasteiger partial charge in [-0.1, -0.05) is 24.3 Å². The molecule has 2 aromatic carbocycles. The molecule has 1 aliphatic heterocycles. The Morgan fingerprint density at radius 2 is 2.04 bits per heavy atom. The van der Waals surface area contributed by atoms with Gasteiger partial charge in [-0.05, 0) is 49.1 Å². The Labute approximate surface area is 151 Å². The summed E-state index contributed by atoms with van der Waals surface area (Å²) in [5, 5.41) is 12.7. The van der Waals surface area contributed by atoms with Crippen LogP contribution in [0.4, 0.5) is 4.39 Å². The maximum atomic E-state index is 13.3. The number of amides is 2. The number of halogens is 1. The fraction of sp³-hybridized carbons (Fsp3) is 0.300. The number of hydrogen-bond acceptors (Lipinski definition) is 3. The van der Waals surface area contributed by atoms with Gasteiger partial charge in [-0.3, -0.25) is 9.59 Å². The maximum absolute atomic E-state index is 13.3. The topological polar surface area (TPSA) is 69.6 Å². The predicted molar refractivity (Wildman–Crippen MR) is 95.1 cm³/mol. The lowest BCUT2D eigenvalue weighted by molar-refractivity contribution is -0.125. The largest absolute Gasteiger partial charge is 0.507 e. The van der Waals surface area contributed by atoms with Gasteiger partial charge in [0.2, 0.25) is 5.91 Å². The van der Waals surface area contributed by atoms with Crippen LogP contribution in [-0.4, -0.2) is 34.4 Å². The molecule has 0 aliphatic carbocycles. The summed E-state index contributed by atoms with van der Waals surface area (Å²) in [6, 6.07) is 10.4. The monoisotopic (exact) mass is 356 g/mol. The standard InChI is InChI=1S/C20H21FN2O3/c1-13-11-14(8-9-16(13)21)12-22-19(25)17-6-4-10-23(17)20(26)15-5-2-3-7-18(15)24/h2-3,5,7-9,11,17,24H,4,6,10,12H2,1H3,(H,22,25). The van der Waals surface area contributed by atoms with Crippen LogP contribution >= 0.6 is 0 Å². The second-order valence-corrected chi connectivity index (χ2v) is 6.48. The molecule has 1 unspecified atom stereocenters. The summed E-state index contributed by atoms with van der Waals surface area (Å²) in [6.07, 6.45) is 1.31. The van der Waals surface area contributed by atoms with E-state index in [0.717, 1.165) is 12.0 Å². The van der Waals surface area contributed by atoms with Crippen molar-refractivity contribution in [2.45, 2.75) is 32.4 Å². The number of rotatable bonds is 4. The van der Waals surface area contributed by atoms with Crippen molar-refractivity contribution in [3.63, 3.8) is 0 Å². The molecule has 1 aliphatic rings. The normalized spacial score (nSPS) is 16.5. The van der Waals surface area contributed by atoms with Crippen LogP contribution in [0.25, 0.3) is 0 Å². The quantitative estimate of drug-likeness (QED) is 0.885. The highest BCUT2D eigenvalue weighted by atomic mass is 19.1. The molecule has 0 bridgehead atoms. The zero-order valence-electron chi connectivity index (χ0n) is 14.5. The summed E-state index contributed by atoms with van der Waals surface area (Å²) < 4.78 is 13.3. The molecular weight excluding hydrogens is 335 g/mol. The number of benzene rings is 2. The first-order valence-electron chi connectivity index (χ1n) is 8.59. The van der Waals surface area contributed by atoms with Gasteiger partial charge >= 0.3 is 0 Å². The van der Waals surface area contributed by atoms with Gasteiger partial charge in [-0.2, -0.15) is 0 Å². The SMILES string of the molecule is Cc1cc(CNC(=O)C2CCCN2C(=O)c2ccccc2O)ccc1F. The van der Waals surface area contributed by atoms with E-state index in [9.17, 15) is 19.1 Å². The van der Waals surface area contributed by atoms with Gasteiger partial charge in [-0.25, -0.2) is 4.39 Å². The summed E-state index contributed by atoms with van der Waals surface area (Å²) in [7, 11) is 0. The number of nitrogens with zero attached hydrogens (tertiary/aromatic N) is 1. The highest BCUT2D eigenvalue weighted by Gasteiger charge is 2.35. The van der Waals surface area contributed by atoms with E-state index < -0.39 is 6.04 Å². The number of aromatic hydroxyl groups is 1. The number of aryl methyl sites for hydroxylation is 1. The van der Waals surface area contributed by atoms with Crippen LogP contribution in [0, 0.1) is 12.7 Å². The van der Waals surface area contributed by atoms with Crippen LogP contribution in [0.3, 0.4) is 0 Å². The zero-order valence-corrected chi connectivity index (χ0v) is 14.5. The van der Waals surface area contributed by atoms with Gasteiger partial charge < -0.3 is 15.3 Å². The Morgan fingerprint density at radius 1 is 1.27 bits per heavy atom. The first-order valence-corrected chi connectivity index (χ1v) is 8.59. The molecule has 1 heterocycles. The molecule has 5 nitrogen and oxygen atoms in total. The van der Waals surface area contributed by atoms with Crippen LogP contribution in [0.2, 0.25) is 0 Å². The second kappa shape index (κ2) is 7.56. The van der Waals surface area contributed by atoms with E-state index in [-0.39, 0.29) is 35.5 Å². The minimum atomic E-state index is -0.566. The number of phenols is 1. The Morgan fingerprint density at radius 3 is 2.77 bits per heavy atom. The van der Waals surface area contributed by atoms with Crippen LogP contribution in [0.1, 0.15) is 34.3 Å². The fourth-order valence-corrected chi connectivity index (χ4v) is 3.22. The number of carbonyl (C=O) groups excluding carboxylic acids is 2. The molecule has 136 valence electrons. The van der Waals surface area contributed by atoms with Crippen molar-refractivity contribution in [1.29, 1.82) is 0 Å². The lowest BCUT2D eigenvalue weighted by atomic mass is 10.1. The molecule has 1 atom stereocenters. The van der Waals surface area contributed by atoms with E-state index in [1.807, 2.05) is 0 Å². The van der Waals surface area contributed by atoms with Gasteiger partial charge in [-0.15, -0.1) is 0 Å². The maximum Gasteiger partial charge on any atom is 0.258 e. The Bertz CT molecular complexity index is 838. The number of para-hydroxylation sites is 1. The average molecular weight is 356 g/mol. The molecule has 0 aromatic heterocycles. The highest BCUT2D eigenvalue weighted by Crippen LogP contribution is 2.24. The molecule has 26 heavy (non-hydrogen) atoms. The lowest BCUT2D eigenvalue weighted by Gasteiger charge is -2.24. The first-order chi connectivity index (χ1) is 12.5. The van der Waals surface area contributed by atoms with E-state index in [4.69, 9.17) is 0 Å². The van der Waals surface area contributed by atoms with Crippen molar-refractivity contribution >= 4 is 11.8 Å². The summed E-state index contributed by atoms with van der Waals surface area (Å²) in [5.74, 6) is -0.965. The molecule has 3 rings (SSSR count). The lowest BCUT2D eigenvalue weighted by Crippen LogP contribution is -2.45. The number of hydrogen-bond donors (Lipinski definition) is 2. The van der Waals surface area contributed by atoms with Gasteiger partial charge in [0.05, 0.1) is 5.56 Å². The minimum Gasteiger partial charge on any atom is -0.507 e. The second-order valence-electron chi connectivity index (χ2n) is 6.48. The van der Waals surface area contributed by atoms with Crippen molar-refractivity contribution in [3.8, 4) is 5.75 Å². The average Bonchev–Trinajstić information content (AvgIpc) is 3.12. The summed E-state index contributed by atoms with van der Waals surface area (Å²) >= 11 is 0. The molecule has 6 heteroatoms. The Hall–Kier alpha value is -2.89. The molecule has 0 radical (unpaired) electrons. The van der Waals surface area contributed by atoms with Crippen LogP contribution in [0.5, 0.6) is 5.75 Å². The third-order valence-electron chi connectivity index (χ3n) is 4.64. The minimum absolute atomic E-state index is 0.0923. The Kier molecular flexibility index (Phi) is 5.21. The van der Waals surface area contributed by atoms with E-state index in [2.05, 4.69) is 5.32 Å². The molecule has 0 saturated carbocycles. The third kappa shape index (κ3) is 3.69. The first kappa shape index (κ1) is 17.9. The number of nitrogens with one attached hydrogen (secondary N) is 1. The van der Waals surface area contributed by atoms with E-state index in [1.54, 1.807) is 37.3 Å². The van der Waals surface area contributed by atoms with Crippen LogP contribution in [-0.2, 0) is 11.3 Å². The third-order valence-corrected chi connectivity index (χ3v) is 4.64. The molecule has 2 amide bonds. The highest BCUT2D eigenvalue weighted by molar-refractivity contribution is 5.99. The molecule has 2 N–H and O–H groups in total. The van der Waals surface area contributed by atoms with Crippen molar-refractivity contribution in [3.05, 3.63) is 65.0 Å². The molecule has 2 aromatic rings. The van der Waals surface area contributed by atoms with Crippen molar-refractivity contribution < 1.29 is 19.1 Å². The summed E-state index contributed by atoms with van der Waals surface area (Å²) in [4.78, 5) is 26.7. The zero-order chi connectivity index (χ0) is 18.7. The van der Waals surface area contributed by atoms with Crippen LogP contribution < -0.4 is 5.32 Å². The van der Waals surface area contributed by atoms with Crippen LogP contribution in [0.15, 0.2) is 42.5 Å². The molecular formula is C20H21FN2O3. The summed E-state index contributed by atoms with van der Waals surface area (Å²) in [6.45, 7) is 2.42. The van der Waals surface area contributed by atoms with Gasteiger partial charge in [0, 0.05) is 13.1 Å². The number of carbonyl (C=O) groups is 2. The van der Waals surface area contributed by atoms with E-state index >= 15 is 0 Å². The smallest absolute Gasteiger partial charge is 0.258 e. The molecule has 1 fully saturated rings. The van der Waals surface area contributed by atoms with E-state index in [1.165, 1.54) is 17.0 Å². The van der Waals surface area contributed by atoms with Gasteiger partial charge in [0.15, 0.2) is 0 Å². The van der Waals surface area contributed by atoms with Crippen molar-refractivity contribution in [1.82, 2.24) is 10.2 Å². The predicted octanol–water partition coefficient (Wildman–Crippen LogP) is 2.76. The van der Waals surface area contributed by atoms with Gasteiger partial charge in [0.1, 0.15) is 17.6 Å². The summed E-state index contributed by atoms with van der Waals surface area (Å²) in [5.41, 5.74) is 1.52. The number of likely N-dealkylation sites (tertiary alicyclic amines) is 1. The molecule has 0 spiro atoms. The Balaban J connectivity index is 1.67. The van der Waals surface area contributed by atoms with Gasteiger partial charge in [0.25, 0.3) is 5.91 Å². The number of phenolic OH excluding ortho intramolecular Hbond substituents is 1. The van der Waals surface area contributed by atoms with E-state index in [0.29, 0.717) is 18.5 Å². The van der Waals surface area contributed by atoms with Crippen molar-refractivity contribution in [2.75, 3.05) is 6.54 Å².